The minimum atomic E-state index is -0.557. The molecule has 0 bridgehead atoms. The number of rotatable bonds is 3. The zero-order valence-corrected chi connectivity index (χ0v) is 13.1. The molecule has 2 aliphatic carbocycles. The lowest BCUT2D eigenvalue weighted by molar-refractivity contribution is -0.323. The van der Waals surface area contributed by atoms with Crippen molar-refractivity contribution in [2.75, 3.05) is 0 Å². The topological polar surface area (TPSA) is 29.5 Å². The third-order valence-electron chi connectivity index (χ3n) is 5.58. The fourth-order valence-electron chi connectivity index (χ4n) is 3.41. The number of allylic oxidation sites excluding steroid dienone is 4. The van der Waals surface area contributed by atoms with Gasteiger partial charge in [0, 0.05) is 6.42 Å². The number of hydrogen-bond donors (Lipinski definition) is 1. The normalized spacial score (nSPS) is 45.1. The molecule has 0 aromatic carbocycles. The average Bonchev–Trinajstić information content (AvgIpc) is 2.45. The second kappa shape index (κ2) is 6.28. The van der Waals surface area contributed by atoms with E-state index in [1.165, 1.54) is 0 Å². The fourth-order valence-corrected chi connectivity index (χ4v) is 3.41. The summed E-state index contributed by atoms with van der Waals surface area (Å²) in [6.07, 6.45) is 15.1. The third-order valence-corrected chi connectivity index (χ3v) is 5.58. The van der Waals surface area contributed by atoms with Crippen LogP contribution in [0.1, 0.15) is 40.5 Å². The van der Waals surface area contributed by atoms with E-state index < -0.39 is 5.60 Å². The van der Waals surface area contributed by atoms with Gasteiger partial charge in [0.25, 0.3) is 0 Å². The van der Waals surface area contributed by atoms with Crippen molar-refractivity contribution in [3.8, 4) is 0 Å². The maximum Gasteiger partial charge on any atom is 0.128 e. The van der Waals surface area contributed by atoms with Crippen LogP contribution in [-0.4, -0.2) is 10.9 Å². The minimum absolute atomic E-state index is 0.278. The summed E-state index contributed by atoms with van der Waals surface area (Å²) in [7, 11) is 0. The first-order valence-corrected chi connectivity index (χ1v) is 7.85. The molecule has 0 aliphatic heterocycles. The predicted octanol–water partition coefficient (Wildman–Crippen LogP) is 4.85. The Kier molecular flexibility index (Phi) is 4.87. The molecule has 6 unspecified atom stereocenters. The molecule has 0 aromatic rings. The standard InChI is InChI=1S/C18H28O2/c1-13-7-5-9-17(15(13)3)10-12-18(20-19)11-6-8-14(2)16(18)4/h5-8,10,12-17,19H,9,11H2,1-4H3/b12-10+. The molecule has 0 saturated heterocycles. The van der Waals surface area contributed by atoms with Crippen LogP contribution in [0.4, 0.5) is 0 Å². The summed E-state index contributed by atoms with van der Waals surface area (Å²) in [6.45, 7) is 8.91. The Bertz CT molecular complexity index is 410. The minimum Gasteiger partial charge on any atom is -0.251 e. The van der Waals surface area contributed by atoms with Crippen molar-refractivity contribution in [3.63, 3.8) is 0 Å². The molecule has 2 aliphatic rings. The summed E-state index contributed by atoms with van der Waals surface area (Å²) in [4.78, 5) is 4.96. The van der Waals surface area contributed by atoms with Gasteiger partial charge in [-0.05, 0) is 36.0 Å². The quantitative estimate of drug-likeness (QED) is 0.453. The fraction of sp³-hybridized carbons (Fsp3) is 0.667. The Morgan fingerprint density at radius 2 is 1.80 bits per heavy atom. The molecule has 0 spiro atoms. The van der Waals surface area contributed by atoms with Gasteiger partial charge in [0.05, 0.1) is 0 Å². The molecule has 0 radical (unpaired) electrons. The SMILES string of the molecule is CC1C=CCC(/C=C/C2(OO)CC=CC(C)C2C)C1C. The van der Waals surface area contributed by atoms with Crippen LogP contribution in [0.25, 0.3) is 0 Å². The third kappa shape index (κ3) is 2.91. The zero-order valence-electron chi connectivity index (χ0n) is 13.1. The molecule has 0 aromatic heterocycles. The molecule has 2 rings (SSSR count). The average molecular weight is 276 g/mol. The maximum atomic E-state index is 9.48. The summed E-state index contributed by atoms with van der Waals surface area (Å²) in [5.41, 5.74) is -0.557. The van der Waals surface area contributed by atoms with Gasteiger partial charge in [-0.25, -0.2) is 4.89 Å². The van der Waals surface area contributed by atoms with Crippen molar-refractivity contribution in [2.24, 2.45) is 29.6 Å². The van der Waals surface area contributed by atoms with Gasteiger partial charge in [0.1, 0.15) is 5.60 Å². The van der Waals surface area contributed by atoms with Crippen molar-refractivity contribution >= 4 is 0 Å². The van der Waals surface area contributed by atoms with E-state index in [1.54, 1.807) is 0 Å². The summed E-state index contributed by atoms with van der Waals surface area (Å²) in [6, 6.07) is 0. The molecule has 0 heterocycles. The molecule has 0 fully saturated rings. The van der Waals surface area contributed by atoms with Crippen LogP contribution in [0, 0.1) is 29.6 Å². The van der Waals surface area contributed by atoms with Crippen LogP contribution in [0.3, 0.4) is 0 Å². The van der Waals surface area contributed by atoms with E-state index in [4.69, 9.17) is 4.89 Å². The molecule has 6 atom stereocenters. The molecule has 20 heavy (non-hydrogen) atoms. The lowest BCUT2D eigenvalue weighted by atomic mass is 9.72. The summed E-state index contributed by atoms with van der Waals surface area (Å²) in [5, 5.41) is 9.48. The van der Waals surface area contributed by atoms with Crippen LogP contribution < -0.4 is 0 Å². The highest BCUT2D eigenvalue weighted by Crippen LogP contribution is 2.39. The highest BCUT2D eigenvalue weighted by Gasteiger charge is 2.39. The van der Waals surface area contributed by atoms with Gasteiger partial charge in [-0.3, -0.25) is 5.26 Å². The Morgan fingerprint density at radius 3 is 2.50 bits per heavy atom. The summed E-state index contributed by atoms with van der Waals surface area (Å²) in [5.74, 6) is 2.49. The second-order valence-corrected chi connectivity index (χ2v) is 6.73. The molecule has 0 saturated carbocycles. The van der Waals surface area contributed by atoms with Gasteiger partial charge < -0.3 is 0 Å². The monoisotopic (exact) mass is 276 g/mol. The Balaban J connectivity index is 2.16. The Labute approximate surface area is 123 Å². The predicted molar refractivity (Wildman–Crippen MR) is 83.2 cm³/mol. The van der Waals surface area contributed by atoms with Gasteiger partial charge in [-0.2, -0.15) is 0 Å². The van der Waals surface area contributed by atoms with Crippen molar-refractivity contribution in [2.45, 2.75) is 46.1 Å². The van der Waals surface area contributed by atoms with E-state index in [-0.39, 0.29) is 5.92 Å². The first-order chi connectivity index (χ1) is 9.50. The van der Waals surface area contributed by atoms with Gasteiger partial charge in [0.2, 0.25) is 0 Å². The van der Waals surface area contributed by atoms with E-state index >= 15 is 0 Å². The van der Waals surface area contributed by atoms with Crippen molar-refractivity contribution in [1.82, 2.24) is 0 Å². The van der Waals surface area contributed by atoms with E-state index in [0.717, 1.165) is 12.8 Å². The molecular weight excluding hydrogens is 248 g/mol. The summed E-state index contributed by atoms with van der Waals surface area (Å²) >= 11 is 0. The highest BCUT2D eigenvalue weighted by atomic mass is 17.1. The van der Waals surface area contributed by atoms with E-state index in [0.29, 0.717) is 23.7 Å². The molecule has 2 nitrogen and oxygen atoms in total. The van der Waals surface area contributed by atoms with Gasteiger partial charge in [-0.15, -0.1) is 0 Å². The maximum absolute atomic E-state index is 9.48. The van der Waals surface area contributed by atoms with Crippen molar-refractivity contribution in [1.29, 1.82) is 0 Å². The van der Waals surface area contributed by atoms with Crippen LogP contribution >= 0.6 is 0 Å². The van der Waals surface area contributed by atoms with E-state index in [2.05, 4.69) is 64.2 Å². The van der Waals surface area contributed by atoms with Crippen molar-refractivity contribution < 1.29 is 10.1 Å². The lowest BCUT2D eigenvalue weighted by Gasteiger charge is -2.39. The van der Waals surface area contributed by atoms with E-state index in [1.807, 2.05) is 0 Å². The largest absolute Gasteiger partial charge is 0.251 e. The van der Waals surface area contributed by atoms with E-state index in [9.17, 15) is 5.26 Å². The lowest BCUT2D eigenvalue weighted by Crippen LogP contribution is -2.41. The smallest absolute Gasteiger partial charge is 0.128 e. The first-order valence-electron chi connectivity index (χ1n) is 7.85. The first kappa shape index (κ1) is 15.5. The molecule has 2 heteroatoms. The highest BCUT2D eigenvalue weighted by molar-refractivity contribution is 5.17. The van der Waals surface area contributed by atoms with Crippen LogP contribution in [-0.2, 0) is 4.89 Å². The molecule has 112 valence electrons. The Hall–Kier alpha value is -0.860. The van der Waals surface area contributed by atoms with Gasteiger partial charge in [-0.1, -0.05) is 64.2 Å². The molecule has 0 amide bonds. The van der Waals surface area contributed by atoms with Crippen LogP contribution in [0.2, 0.25) is 0 Å². The van der Waals surface area contributed by atoms with Crippen molar-refractivity contribution in [3.05, 3.63) is 36.5 Å². The molecule has 1 N–H and O–H groups in total. The van der Waals surface area contributed by atoms with Crippen LogP contribution in [0.5, 0.6) is 0 Å². The zero-order chi connectivity index (χ0) is 14.8. The molecular formula is C18H28O2. The number of hydrogen-bond acceptors (Lipinski definition) is 2. The van der Waals surface area contributed by atoms with Crippen LogP contribution in [0.15, 0.2) is 36.5 Å². The summed E-state index contributed by atoms with van der Waals surface area (Å²) < 4.78 is 0. The second-order valence-electron chi connectivity index (χ2n) is 6.73. The van der Waals surface area contributed by atoms with Gasteiger partial charge in [0.15, 0.2) is 0 Å². The van der Waals surface area contributed by atoms with Gasteiger partial charge >= 0.3 is 0 Å². The Morgan fingerprint density at radius 1 is 1.10 bits per heavy atom.